The summed E-state index contributed by atoms with van der Waals surface area (Å²) >= 11 is 0. The maximum Gasteiger partial charge on any atom is 0.0451 e. The van der Waals surface area contributed by atoms with E-state index >= 15 is 0 Å². The molecule has 1 aromatic heterocycles. The third kappa shape index (κ3) is 3.51. The molecule has 164 valence electrons. The molecule has 1 aliphatic heterocycles. The standard InChI is InChI=1S/C30H34N2/c1-20-8-6-7-9-26(20)25-16-28(23(4)31-19-25)22(3)24-10-11-27-21(2)18-30(29(27)17-24)12-14-32(5)15-13-30/h7,9-11,16-17,19H,2-3,6,8,12-15,18H2,1,4-5H3. The van der Waals surface area contributed by atoms with Crippen molar-refractivity contribution >= 4 is 16.7 Å². The quantitative estimate of drug-likeness (QED) is 0.532. The van der Waals surface area contributed by atoms with E-state index in [0.29, 0.717) is 0 Å². The lowest BCUT2D eigenvalue weighted by molar-refractivity contribution is 0.194. The van der Waals surface area contributed by atoms with Gasteiger partial charge in [-0.15, -0.1) is 0 Å². The molecule has 2 heterocycles. The number of pyridine rings is 1. The third-order valence-corrected chi connectivity index (χ3v) is 7.97. The van der Waals surface area contributed by atoms with E-state index < -0.39 is 0 Å². The van der Waals surface area contributed by atoms with Gasteiger partial charge in [-0.25, -0.2) is 0 Å². The zero-order valence-corrected chi connectivity index (χ0v) is 19.8. The Kier molecular flexibility index (Phi) is 5.29. The first-order chi connectivity index (χ1) is 15.4. The van der Waals surface area contributed by atoms with Crippen LogP contribution in [0.3, 0.4) is 0 Å². The maximum atomic E-state index is 4.76. The zero-order valence-electron chi connectivity index (χ0n) is 19.8. The van der Waals surface area contributed by atoms with Crippen molar-refractivity contribution in [3.8, 4) is 0 Å². The molecule has 2 aliphatic carbocycles. The lowest BCUT2D eigenvalue weighted by atomic mass is 9.73. The monoisotopic (exact) mass is 422 g/mol. The van der Waals surface area contributed by atoms with Gasteiger partial charge in [0.25, 0.3) is 0 Å². The van der Waals surface area contributed by atoms with E-state index in [1.54, 1.807) is 0 Å². The Labute approximate surface area is 193 Å². The van der Waals surface area contributed by atoms with Crippen molar-refractivity contribution in [1.82, 2.24) is 9.88 Å². The number of hydrogen-bond acceptors (Lipinski definition) is 2. The number of benzene rings is 1. The van der Waals surface area contributed by atoms with Crippen LogP contribution in [0.4, 0.5) is 0 Å². The van der Waals surface area contributed by atoms with Crippen LogP contribution in [0.5, 0.6) is 0 Å². The lowest BCUT2D eigenvalue weighted by Gasteiger charge is -2.38. The Balaban J connectivity index is 1.53. The van der Waals surface area contributed by atoms with Crippen LogP contribution in [-0.2, 0) is 5.41 Å². The minimum Gasteiger partial charge on any atom is -0.306 e. The Morgan fingerprint density at radius 3 is 2.66 bits per heavy atom. The van der Waals surface area contributed by atoms with E-state index in [9.17, 15) is 0 Å². The maximum absolute atomic E-state index is 4.76. The van der Waals surface area contributed by atoms with Crippen LogP contribution in [0, 0.1) is 6.92 Å². The van der Waals surface area contributed by atoms with Gasteiger partial charge in [-0.2, -0.15) is 0 Å². The van der Waals surface area contributed by atoms with E-state index in [-0.39, 0.29) is 5.41 Å². The molecule has 5 rings (SSSR count). The molecule has 1 aromatic carbocycles. The van der Waals surface area contributed by atoms with Gasteiger partial charge in [-0.3, -0.25) is 4.98 Å². The number of hydrogen-bond donors (Lipinski definition) is 0. The number of allylic oxidation sites excluding steroid dienone is 5. The van der Waals surface area contributed by atoms with Crippen LogP contribution in [0.15, 0.2) is 61.3 Å². The van der Waals surface area contributed by atoms with Gasteiger partial charge >= 0.3 is 0 Å². The molecule has 3 aliphatic rings. The van der Waals surface area contributed by atoms with Gasteiger partial charge in [-0.1, -0.05) is 43.0 Å². The molecule has 2 nitrogen and oxygen atoms in total. The minimum absolute atomic E-state index is 0.249. The summed E-state index contributed by atoms with van der Waals surface area (Å²) in [6.45, 7) is 15.6. The molecule has 1 spiro atoms. The van der Waals surface area contributed by atoms with Gasteiger partial charge < -0.3 is 4.90 Å². The molecule has 0 radical (unpaired) electrons. The average Bonchev–Trinajstić information content (AvgIpc) is 3.07. The number of aryl methyl sites for hydroxylation is 1. The zero-order chi connectivity index (χ0) is 22.5. The van der Waals surface area contributed by atoms with Gasteiger partial charge in [-0.05, 0) is 112 Å². The highest BCUT2D eigenvalue weighted by Crippen LogP contribution is 2.51. The molecular formula is C30H34N2. The van der Waals surface area contributed by atoms with Gasteiger partial charge in [0.15, 0.2) is 0 Å². The summed E-state index contributed by atoms with van der Waals surface area (Å²) < 4.78 is 0. The van der Waals surface area contributed by atoms with Gasteiger partial charge in [0.1, 0.15) is 0 Å². The van der Waals surface area contributed by atoms with Crippen molar-refractivity contribution < 1.29 is 0 Å². The first-order valence-corrected chi connectivity index (χ1v) is 11.9. The topological polar surface area (TPSA) is 16.1 Å². The summed E-state index contributed by atoms with van der Waals surface area (Å²) in [5, 5.41) is 0. The summed E-state index contributed by atoms with van der Waals surface area (Å²) in [6.07, 6.45) is 12.3. The fraction of sp³-hybridized carbons (Fsp3) is 0.367. The van der Waals surface area contributed by atoms with Crippen molar-refractivity contribution in [1.29, 1.82) is 0 Å². The van der Waals surface area contributed by atoms with E-state index in [1.807, 2.05) is 6.20 Å². The van der Waals surface area contributed by atoms with Crippen LogP contribution < -0.4 is 0 Å². The van der Waals surface area contributed by atoms with Crippen molar-refractivity contribution in [3.05, 3.63) is 94.9 Å². The van der Waals surface area contributed by atoms with Gasteiger partial charge in [0, 0.05) is 28.4 Å². The molecule has 0 amide bonds. The molecule has 2 heteroatoms. The van der Waals surface area contributed by atoms with Crippen molar-refractivity contribution in [2.75, 3.05) is 20.1 Å². The summed E-state index contributed by atoms with van der Waals surface area (Å²) in [5.74, 6) is 0. The molecule has 32 heavy (non-hydrogen) atoms. The molecule has 1 fully saturated rings. The van der Waals surface area contributed by atoms with Crippen LogP contribution in [-0.4, -0.2) is 30.0 Å². The van der Waals surface area contributed by atoms with Crippen LogP contribution in [0.2, 0.25) is 0 Å². The molecule has 2 aromatic rings. The summed E-state index contributed by atoms with van der Waals surface area (Å²) in [4.78, 5) is 7.21. The lowest BCUT2D eigenvalue weighted by Crippen LogP contribution is -2.39. The second-order valence-electron chi connectivity index (χ2n) is 10.1. The summed E-state index contributed by atoms with van der Waals surface area (Å²) in [7, 11) is 2.23. The smallest absolute Gasteiger partial charge is 0.0451 e. The second-order valence-corrected chi connectivity index (χ2v) is 10.1. The molecule has 0 saturated carbocycles. The predicted molar refractivity (Wildman–Crippen MR) is 137 cm³/mol. The SMILES string of the molecule is C=C1CC2(CCN(C)CC2)c2cc(C(=C)c3cc(C4=C(C)CCC=C4)cnc3C)ccc21. The molecule has 0 N–H and O–H groups in total. The van der Waals surface area contributed by atoms with E-state index in [4.69, 9.17) is 4.98 Å². The average molecular weight is 423 g/mol. The molecular weight excluding hydrogens is 388 g/mol. The Morgan fingerprint density at radius 2 is 1.91 bits per heavy atom. The third-order valence-electron chi connectivity index (χ3n) is 7.97. The Bertz CT molecular complexity index is 1170. The predicted octanol–water partition coefficient (Wildman–Crippen LogP) is 6.96. The highest BCUT2D eigenvalue weighted by Gasteiger charge is 2.42. The number of fused-ring (bicyclic) bond motifs is 2. The molecule has 0 unspecified atom stereocenters. The van der Waals surface area contributed by atoms with E-state index in [1.165, 1.54) is 51.8 Å². The Morgan fingerprint density at radius 1 is 1.12 bits per heavy atom. The van der Waals surface area contributed by atoms with Crippen molar-refractivity contribution in [2.24, 2.45) is 0 Å². The van der Waals surface area contributed by atoms with Gasteiger partial charge in [0.2, 0.25) is 0 Å². The van der Waals surface area contributed by atoms with E-state index in [2.05, 4.69) is 75.4 Å². The number of nitrogens with zero attached hydrogens (tertiary/aromatic N) is 2. The number of piperidine rings is 1. The molecule has 0 atom stereocenters. The van der Waals surface area contributed by atoms with Crippen molar-refractivity contribution in [2.45, 2.75) is 51.4 Å². The van der Waals surface area contributed by atoms with Crippen LogP contribution >= 0.6 is 0 Å². The molecule has 1 saturated heterocycles. The number of aromatic nitrogens is 1. The van der Waals surface area contributed by atoms with Gasteiger partial charge in [0.05, 0.1) is 0 Å². The summed E-state index contributed by atoms with van der Waals surface area (Å²) in [6, 6.07) is 9.22. The number of likely N-dealkylation sites (tertiary alicyclic amines) is 1. The minimum atomic E-state index is 0.249. The number of rotatable bonds is 3. The normalized spacial score (nSPS) is 20.2. The highest BCUT2D eigenvalue weighted by molar-refractivity contribution is 5.85. The first kappa shape index (κ1) is 21.2. The fourth-order valence-corrected chi connectivity index (χ4v) is 5.83. The molecule has 0 bridgehead atoms. The van der Waals surface area contributed by atoms with Crippen molar-refractivity contribution in [3.63, 3.8) is 0 Å². The van der Waals surface area contributed by atoms with Crippen LogP contribution in [0.25, 0.3) is 16.7 Å². The largest absolute Gasteiger partial charge is 0.306 e. The van der Waals surface area contributed by atoms with Crippen LogP contribution in [0.1, 0.15) is 72.5 Å². The highest BCUT2D eigenvalue weighted by atomic mass is 15.1. The first-order valence-electron chi connectivity index (χ1n) is 11.9. The summed E-state index contributed by atoms with van der Waals surface area (Å²) in [5.41, 5.74) is 12.8. The Hall–Kier alpha value is -2.71. The fourth-order valence-electron chi connectivity index (χ4n) is 5.83. The second kappa shape index (κ2) is 8.01. The van der Waals surface area contributed by atoms with E-state index in [0.717, 1.165) is 49.2 Å².